The zero-order chi connectivity index (χ0) is 34.4. The first kappa shape index (κ1) is 34.8. The van der Waals surface area contributed by atoms with Gasteiger partial charge in [-0.1, -0.05) is 48.5 Å². The number of carbonyl (C=O) groups excluding carboxylic acids is 5. The molecular weight excluding hydrogens is 584 g/mol. The lowest BCUT2D eigenvalue weighted by molar-refractivity contribution is -0.233. The summed E-state index contributed by atoms with van der Waals surface area (Å²) in [6, 6.07) is 0. The molecule has 0 aromatic heterocycles. The van der Waals surface area contributed by atoms with Crippen molar-refractivity contribution in [3.8, 4) is 0 Å². The predicted molar refractivity (Wildman–Crippen MR) is 172 cm³/mol. The Morgan fingerprint density at radius 3 is 2.07 bits per heavy atom. The Bertz CT molecular complexity index is 1380. The van der Waals surface area contributed by atoms with Gasteiger partial charge in [-0.25, -0.2) is 0 Å². The highest BCUT2D eigenvalue weighted by molar-refractivity contribution is 6.52. The maximum atomic E-state index is 14.1. The average molecular weight is 641 g/mol. The maximum Gasteiger partial charge on any atom is 0.327 e. The van der Waals surface area contributed by atoms with Crippen molar-refractivity contribution >= 4 is 29.5 Å². The van der Waals surface area contributed by atoms with E-state index in [4.69, 9.17) is 14.2 Å². The second-order valence-electron chi connectivity index (χ2n) is 17.8. The smallest absolute Gasteiger partial charge is 0.327 e. The lowest BCUT2D eigenvalue weighted by Gasteiger charge is -2.71. The number of hydrogen-bond donors (Lipinski definition) is 0. The van der Waals surface area contributed by atoms with Crippen molar-refractivity contribution in [2.75, 3.05) is 6.79 Å². The summed E-state index contributed by atoms with van der Waals surface area (Å²) in [5.74, 6) is -2.30. The summed E-state index contributed by atoms with van der Waals surface area (Å²) < 4.78 is 16.7. The molecule has 0 aromatic carbocycles. The Morgan fingerprint density at radius 2 is 1.48 bits per heavy atom. The quantitative estimate of drug-likeness (QED) is 0.135. The van der Waals surface area contributed by atoms with Crippen LogP contribution in [-0.2, 0) is 38.2 Å². The molecule has 0 aliphatic heterocycles. The molecule has 0 radical (unpaired) electrons. The largest absolute Gasteiger partial charge is 0.462 e. The summed E-state index contributed by atoms with van der Waals surface area (Å²) >= 11 is 0. The van der Waals surface area contributed by atoms with Crippen LogP contribution in [0, 0.1) is 56.2 Å². The minimum Gasteiger partial charge on any atom is -0.462 e. The Labute approximate surface area is 275 Å². The molecule has 256 valence electrons. The first-order valence-corrected chi connectivity index (χ1v) is 17.5. The number of ether oxygens (including phenoxy) is 3. The molecule has 8 nitrogen and oxygen atoms in total. The molecule has 0 aromatic rings. The van der Waals surface area contributed by atoms with Gasteiger partial charge in [0, 0.05) is 17.9 Å². The second-order valence-corrected chi connectivity index (χ2v) is 17.8. The first-order valence-electron chi connectivity index (χ1n) is 17.5. The molecule has 0 spiro atoms. The van der Waals surface area contributed by atoms with Gasteiger partial charge in [0.2, 0.25) is 18.4 Å². The van der Waals surface area contributed by atoms with Gasteiger partial charge < -0.3 is 14.2 Å². The molecular formula is C38H56O8. The zero-order valence-electron chi connectivity index (χ0n) is 30.0. The average Bonchev–Trinajstić information content (AvgIpc) is 3.17. The molecule has 0 bridgehead atoms. The minimum atomic E-state index is -1.66. The third-order valence-corrected chi connectivity index (χ3v) is 14.0. The summed E-state index contributed by atoms with van der Waals surface area (Å²) in [6.45, 7) is 21.7. The van der Waals surface area contributed by atoms with E-state index in [-0.39, 0.29) is 52.0 Å². The van der Waals surface area contributed by atoms with E-state index in [1.165, 1.54) is 6.92 Å². The SMILES string of the molecule is CC(=O)OC1CCC2(C)C(CCC3(C)C2CCC2C4=C(C(C)C)C(=O)C(=O)[C@]4(C(=O)OCOC(=O)C(C)(C)C)CCC23C)C1(C)C. The van der Waals surface area contributed by atoms with Crippen molar-refractivity contribution in [2.45, 2.75) is 134 Å². The van der Waals surface area contributed by atoms with E-state index in [9.17, 15) is 24.0 Å². The molecule has 0 saturated heterocycles. The van der Waals surface area contributed by atoms with Gasteiger partial charge in [0.1, 0.15) is 6.10 Å². The second kappa shape index (κ2) is 11.0. The molecule has 4 saturated carbocycles. The molecule has 5 rings (SSSR count). The lowest BCUT2D eigenvalue weighted by Crippen LogP contribution is -2.66. The number of ketones is 2. The highest BCUT2D eigenvalue weighted by Gasteiger charge is 2.73. The van der Waals surface area contributed by atoms with E-state index >= 15 is 0 Å². The lowest BCUT2D eigenvalue weighted by atomic mass is 9.33. The molecule has 0 N–H and O–H groups in total. The van der Waals surface area contributed by atoms with Gasteiger partial charge in [-0.15, -0.1) is 0 Å². The summed E-state index contributed by atoms with van der Waals surface area (Å²) in [5.41, 5.74) is -1.72. The Morgan fingerprint density at radius 1 is 0.826 bits per heavy atom. The van der Waals surface area contributed by atoms with Crippen LogP contribution in [0.4, 0.5) is 0 Å². The van der Waals surface area contributed by atoms with Gasteiger partial charge in [0.15, 0.2) is 5.41 Å². The van der Waals surface area contributed by atoms with Gasteiger partial charge >= 0.3 is 17.9 Å². The topological polar surface area (TPSA) is 113 Å². The third-order valence-electron chi connectivity index (χ3n) is 14.0. The fourth-order valence-corrected chi connectivity index (χ4v) is 11.6. The third kappa shape index (κ3) is 4.69. The molecule has 8 atom stereocenters. The van der Waals surface area contributed by atoms with Gasteiger partial charge in [0.25, 0.3) is 0 Å². The van der Waals surface area contributed by atoms with E-state index in [2.05, 4.69) is 34.6 Å². The normalized spacial score (nSPS) is 40.0. The Hall–Kier alpha value is -2.51. The number of rotatable bonds is 5. The molecule has 5 aliphatic carbocycles. The van der Waals surface area contributed by atoms with Crippen molar-refractivity contribution < 1.29 is 38.2 Å². The molecule has 46 heavy (non-hydrogen) atoms. The maximum absolute atomic E-state index is 14.1. The number of Topliss-reactive ketones (excluding diaryl/α,β-unsaturated/α-hetero) is 2. The van der Waals surface area contributed by atoms with Crippen molar-refractivity contribution in [3.63, 3.8) is 0 Å². The molecule has 5 aliphatic rings. The number of carbonyl (C=O) groups is 5. The van der Waals surface area contributed by atoms with E-state index in [1.807, 2.05) is 13.8 Å². The molecule has 8 heteroatoms. The van der Waals surface area contributed by atoms with Gasteiger partial charge in [-0.3, -0.25) is 24.0 Å². The Balaban J connectivity index is 1.52. The fraction of sp³-hybridized carbons (Fsp3) is 0.816. The van der Waals surface area contributed by atoms with Crippen molar-refractivity contribution in [1.82, 2.24) is 0 Å². The van der Waals surface area contributed by atoms with Crippen LogP contribution in [0.25, 0.3) is 0 Å². The highest BCUT2D eigenvalue weighted by atomic mass is 16.7. The number of hydrogen-bond acceptors (Lipinski definition) is 8. The summed E-state index contributed by atoms with van der Waals surface area (Å²) in [4.78, 5) is 66.2. The number of fused-ring (bicyclic) bond motifs is 7. The van der Waals surface area contributed by atoms with Crippen molar-refractivity contribution in [2.24, 2.45) is 56.2 Å². The molecule has 0 amide bonds. The Kier molecular flexibility index (Phi) is 8.34. The first-order chi connectivity index (χ1) is 21.1. The fourth-order valence-electron chi connectivity index (χ4n) is 11.6. The summed E-state index contributed by atoms with van der Waals surface area (Å²) in [7, 11) is 0. The van der Waals surface area contributed by atoms with Crippen LogP contribution in [-0.4, -0.2) is 42.4 Å². The number of esters is 3. The molecule has 4 fully saturated rings. The van der Waals surface area contributed by atoms with E-state index < -0.39 is 41.1 Å². The standard InChI is InChI=1S/C38H56O8/c1-21(2)27-28-23-12-13-25-35(9)16-15-26(46-22(3)39)34(7,8)24(35)14-17-37(25,11)36(23,10)18-19-38(28,30(41)29(27)40)32(43)45-20-44-31(42)33(4,5)6/h21,23-26H,12-20H2,1-11H3/t23?,24?,25?,26?,35?,36?,37?,38-/m0/s1. The van der Waals surface area contributed by atoms with Crippen LogP contribution >= 0.6 is 0 Å². The predicted octanol–water partition coefficient (Wildman–Crippen LogP) is 7.17. The highest BCUT2D eigenvalue weighted by Crippen LogP contribution is 2.76. The van der Waals surface area contributed by atoms with Crippen LogP contribution in [0.2, 0.25) is 0 Å². The van der Waals surface area contributed by atoms with Crippen LogP contribution in [0.15, 0.2) is 11.1 Å². The molecule has 0 heterocycles. The van der Waals surface area contributed by atoms with Crippen LogP contribution in [0.5, 0.6) is 0 Å². The van der Waals surface area contributed by atoms with E-state index in [0.717, 1.165) is 38.5 Å². The van der Waals surface area contributed by atoms with Crippen LogP contribution in [0.1, 0.15) is 128 Å². The van der Waals surface area contributed by atoms with Gasteiger partial charge in [-0.05, 0) is 118 Å². The molecule has 7 unspecified atom stereocenters. The number of allylic oxidation sites excluding steroid dienone is 1. The zero-order valence-corrected chi connectivity index (χ0v) is 30.0. The summed E-state index contributed by atoms with van der Waals surface area (Å²) in [6.07, 6.45) is 6.28. The van der Waals surface area contributed by atoms with Crippen LogP contribution < -0.4 is 0 Å². The monoisotopic (exact) mass is 640 g/mol. The van der Waals surface area contributed by atoms with Crippen molar-refractivity contribution in [3.05, 3.63) is 11.1 Å². The van der Waals surface area contributed by atoms with Gasteiger partial charge in [0.05, 0.1) is 5.41 Å². The summed E-state index contributed by atoms with van der Waals surface area (Å²) in [5, 5.41) is 0. The van der Waals surface area contributed by atoms with E-state index in [0.29, 0.717) is 29.4 Å². The van der Waals surface area contributed by atoms with Crippen molar-refractivity contribution in [1.29, 1.82) is 0 Å². The van der Waals surface area contributed by atoms with Gasteiger partial charge in [-0.2, -0.15) is 0 Å². The van der Waals surface area contributed by atoms with E-state index in [1.54, 1.807) is 20.8 Å². The van der Waals surface area contributed by atoms with Crippen LogP contribution in [0.3, 0.4) is 0 Å². The minimum absolute atomic E-state index is 0.0437.